The minimum Gasteiger partial charge on any atom is -0.303 e. The molecule has 164 valence electrons. The molecule has 1 nitrogen and oxygen atoms in total. The number of nitrogens with zero attached hydrogens (tertiary/aromatic N) is 1. The third-order valence-corrected chi connectivity index (χ3v) is 8.22. The van der Waals surface area contributed by atoms with Crippen LogP contribution in [0.1, 0.15) is 135 Å². The van der Waals surface area contributed by atoms with Gasteiger partial charge in [0, 0.05) is 19.6 Å². The maximum Gasteiger partial charge on any atom is 0.000989 e. The maximum atomic E-state index is 3.02. The van der Waals surface area contributed by atoms with Crippen molar-refractivity contribution in [2.45, 2.75) is 135 Å². The Kier molecular flexibility index (Phi) is 11.4. The van der Waals surface area contributed by atoms with E-state index < -0.39 is 0 Å². The van der Waals surface area contributed by atoms with Crippen LogP contribution < -0.4 is 0 Å². The monoisotopic (exact) mass is 389 g/mol. The zero-order valence-corrected chi connectivity index (χ0v) is 19.1. The lowest BCUT2D eigenvalue weighted by molar-refractivity contribution is 0.138. The van der Waals surface area contributed by atoms with E-state index in [1.807, 2.05) is 0 Å². The van der Waals surface area contributed by atoms with Crippen LogP contribution in [-0.4, -0.2) is 24.5 Å². The third-order valence-electron chi connectivity index (χ3n) is 8.22. The number of hydrogen-bond acceptors (Lipinski definition) is 1. The van der Waals surface area contributed by atoms with Crippen LogP contribution in [0.3, 0.4) is 0 Å². The van der Waals surface area contributed by atoms with Crippen molar-refractivity contribution < 1.29 is 0 Å². The summed E-state index contributed by atoms with van der Waals surface area (Å²) in [5.74, 6) is 3.01. The van der Waals surface area contributed by atoms with E-state index in [-0.39, 0.29) is 0 Å². The fourth-order valence-corrected chi connectivity index (χ4v) is 6.49. The van der Waals surface area contributed by atoms with Crippen molar-refractivity contribution in [3.05, 3.63) is 0 Å². The lowest BCUT2D eigenvalue weighted by Gasteiger charge is -2.35. The van der Waals surface area contributed by atoms with E-state index in [0.717, 1.165) is 17.8 Å². The second kappa shape index (κ2) is 14.1. The molecule has 0 spiro atoms. The Balaban J connectivity index is 1.56. The molecule has 0 heterocycles. The van der Waals surface area contributed by atoms with Gasteiger partial charge >= 0.3 is 0 Å². The molecule has 0 atom stereocenters. The third kappa shape index (κ3) is 9.19. The van der Waals surface area contributed by atoms with Crippen LogP contribution in [0.4, 0.5) is 0 Å². The fourth-order valence-electron chi connectivity index (χ4n) is 6.49. The molecule has 3 fully saturated rings. The molecule has 0 bridgehead atoms. The maximum absolute atomic E-state index is 3.02. The molecule has 3 saturated carbocycles. The smallest absolute Gasteiger partial charge is 0.000989 e. The van der Waals surface area contributed by atoms with Crippen LogP contribution in [0, 0.1) is 17.8 Å². The van der Waals surface area contributed by atoms with E-state index in [2.05, 4.69) is 4.90 Å². The van der Waals surface area contributed by atoms with Gasteiger partial charge in [-0.25, -0.2) is 0 Å². The molecule has 0 N–H and O–H groups in total. The highest BCUT2D eigenvalue weighted by atomic mass is 15.1. The standard InChI is InChI=1S/C27H51N/c1-4-10-16-25(17-11-5-1)22-28(23-26-18-12-6-2-7-13-19-26)24-27-20-14-8-3-9-15-21-27/h25-27H,1-24H2. The van der Waals surface area contributed by atoms with E-state index in [9.17, 15) is 0 Å². The average molecular weight is 390 g/mol. The van der Waals surface area contributed by atoms with Crippen LogP contribution in [-0.2, 0) is 0 Å². The minimum absolute atomic E-state index is 1.00. The highest BCUT2D eigenvalue weighted by Gasteiger charge is 2.23. The predicted octanol–water partition coefficient (Wildman–Crippen LogP) is 8.37. The summed E-state index contributed by atoms with van der Waals surface area (Å²) < 4.78 is 0. The Labute approximate surface area is 177 Å². The van der Waals surface area contributed by atoms with Crippen LogP contribution in [0.25, 0.3) is 0 Å². The Morgan fingerprint density at radius 3 is 0.786 bits per heavy atom. The summed E-state index contributed by atoms with van der Waals surface area (Å²) in [7, 11) is 0. The first-order valence-corrected chi connectivity index (χ1v) is 13.6. The van der Waals surface area contributed by atoms with Gasteiger partial charge in [0.1, 0.15) is 0 Å². The molecule has 0 unspecified atom stereocenters. The second-order valence-corrected chi connectivity index (χ2v) is 10.9. The molecule has 0 radical (unpaired) electrons. The van der Waals surface area contributed by atoms with Crippen molar-refractivity contribution >= 4 is 0 Å². The number of hydrogen-bond donors (Lipinski definition) is 0. The van der Waals surface area contributed by atoms with Crippen LogP contribution >= 0.6 is 0 Å². The van der Waals surface area contributed by atoms with E-state index in [4.69, 9.17) is 0 Å². The fraction of sp³-hybridized carbons (Fsp3) is 1.00. The zero-order valence-electron chi connectivity index (χ0n) is 19.1. The first kappa shape index (κ1) is 22.6. The summed E-state index contributed by atoms with van der Waals surface area (Å²) in [6.45, 7) is 4.31. The highest BCUT2D eigenvalue weighted by Crippen LogP contribution is 2.29. The largest absolute Gasteiger partial charge is 0.303 e. The van der Waals surface area contributed by atoms with Crippen LogP contribution in [0.15, 0.2) is 0 Å². The van der Waals surface area contributed by atoms with Gasteiger partial charge in [-0.05, 0) is 56.3 Å². The summed E-state index contributed by atoms with van der Waals surface area (Å²) in [5.41, 5.74) is 0. The topological polar surface area (TPSA) is 3.24 Å². The van der Waals surface area contributed by atoms with Gasteiger partial charge in [-0.2, -0.15) is 0 Å². The van der Waals surface area contributed by atoms with Crippen molar-refractivity contribution in [3.8, 4) is 0 Å². The van der Waals surface area contributed by atoms with Gasteiger partial charge in [-0.1, -0.05) is 96.3 Å². The highest BCUT2D eigenvalue weighted by molar-refractivity contribution is 4.76. The van der Waals surface area contributed by atoms with Gasteiger partial charge < -0.3 is 4.90 Å². The number of rotatable bonds is 6. The summed E-state index contributed by atoms with van der Waals surface area (Å²) in [4.78, 5) is 3.02. The molecule has 0 aromatic heterocycles. The Bertz CT molecular complexity index is 297. The lowest BCUT2D eigenvalue weighted by atomic mass is 9.87. The predicted molar refractivity (Wildman–Crippen MR) is 124 cm³/mol. The minimum atomic E-state index is 1.00. The molecule has 3 aliphatic carbocycles. The van der Waals surface area contributed by atoms with E-state index in [1.165, 1.54) is 154 Å². The summed E-state index contributed by atoms with van der Waals surface area (Å²) >= 11 is 0. The molecule has 3 rings (SSSR count). The normalized spacial score (nSPS) is 26.0. The molecular formula is C27H51N. The van der Waals surface area contributed by atoms with E-state index >= 15 is 0 Å². The Morgan fingerprint density at radius 2 is 0.536 bits per heavy atom. The van der Waals surface area contributed by atoms with Gasteiger partial charge in [0.05, 0.1) is 0 Å². The average Bonchev–Trinajstić information content (AvgIpc) is 2.61. The SMILES string of the molecule is C1CCCC(CN(CC2CCCCCCC2)CC2CCCCCCC2)CCC1. The van der Waals surface area contributed by atoms with Crippen molar-refractivity contribution in [3.63, 3.8) is 0 Å². The molecule has 28 heavy (non-hydrogen) atoms. The van der Waals surface area contributed by atoms with E-state index in [1.54, 1.807) is 0 Å². The molecule has 3 aliphatic rings. The van der Waals surface area contributed by atoms with Crippen LogP contribution in [0.2, 0.25) is 0 Å². The van der Waals surface area contributed by atoms with Gasteiger partial charge in [0.25, 0.3) is 0 Å². The van der Waals surface area contributed by atoms with E-state index in [0.29, 0.717) is 0 Å². The van der Waals surface area contributed by atoms with Crippen molar-refractivity contribution in [1.29, 1.82) is 0 Å². The van der Waals surface area contributed by atoms with Gasteiger partial charge in [-0.15, -0.1) is 0 Å². The van der Waals surface area contributed by atoms with Crippen molar-refractivity contribution in [2.24, 2.45) is 17.8 Å². The molecule has 1 heteroatoms. The quantitative estimate of drug-likeness (QED) is 0.441. The Hall–Kier alpha value is -0.0400. The van der Waals surface area contributed by atoms with Crippen molar-refractivity contribution in [2.75, 3.05) is 19.6 Å². The van der Waals surface area contributed by atoms with Crippen molar-refractivity contribution in [1.82, 2.24) is 4.90 Å². The molecular weight excluding hydrogens is 338 g/mol. The summed E-state index contributed by atoms with van der Waals surface area (Å²) in [5, 5.41) is 0. The molecule has 0 amide bonds. The van der Waals surface area contributed by atoms with Gasteiger partial charge in [0.2, 0.25) is 0 Å². The zero-order chi connectivity index (χ0) is 19.3. The van der Waals surface area contributed by atoms with Gasteiger partial charge in [0.15, 0.2) is 0 Å². The first-order valence-electron chi connectivity index (χ1n) is 13.6. The molecule has 0 aliphatic heterocycles. The first-order chi connectivity index (χ1) is 13.9. The lowest BCUT2D eigenvalue weighted by Crippen LogP contribution is -2.38. The molecule has 0 saturated heterocycles. The van der Waals surface area contributed by atoms with Gasteiger partial charge in [-0.3, -0.25) is 0 Å². The summed E-state index contributed by atoms with van der Waals surface area (Å²) in [6.07, 6.45) is 31.7. The summed E-state index contributed by atoms with van der Waals surface area (Å²) in [6, 6.07) is 0. The Morgan fingerprint density at radius 1 is 0.321 bits per heavy atom. The molecule has 0 aromatic rings. The second-order valence-electron chi connectivity index (χ2n) is 10.9. The molecule has 0 aromatic carbocycles. The van der Waals surface area contributed by atoms with Crippen LogP contribution in [0.5, 0.6) is 0 Å².